The van der Waals surface area contributed by atoms with Crippen molar-refractivity contribution in [1.29, 1.82) is 0 Å². The molecule has 1 amide bonds. The highest BCUT2D eigenvalue weighted by atomic mass is 16.7. The van der Waals surface area contributed by atoms with Gasteiger partial charge in [-0.1, -0.05) is 12.8 Å². The highest BCUT2D eigenvalue weighted by Gasteiger charge is 2.16. The van der Waals surface area contributed by atoms with Gasteiger partial charge in [-0.25, -0.2) is 5.48 Å². The monoisotopic (exact) mass is 187 g/mol. The molecule has 0 heterocycles. The molecule has 13 heavy (non-hydrogen) atoms. The average molecular weight is 187 g/mol. The van der Waals surface area contributed by atoms with E-state index in [9.17, 15) is 4.79 Å². The molecule has 4 nitrogen and oxygen atoms in total. The maximum atomic E-state index is 11.0. The van der Waals surface area contributed by atoms with Gasteiger partial charge in [0.1, 0.15) is 0 Å². The number of hydrogen-bond donors (Lipinski definition) is 2. The van der Waals surface area contributed by atoms with Gasteiger partial charge >= 0.3 is 0 Å². The van der Waals surface area contributed by atoms with Gasteiger partial charge < -0.3 is 5.11 Å². The minimum Gasteiger partial charge on any atom is -0.396 e. The molecule has 4 heteroatoms. The Hall–Kier alpha value is -0.610. The first-order chi connectivity index (χ1) is 6.33. The SMILES string of the molecule is O=C(CCCO)NOC1CCCC1. The zero-order chi connectivity index (χ0) is 9.52. The Balaban J connectivity index is 2.00. The zero-order valence-electron chi connectivity index (χ0n) is 7.79. The lowest BCUT2D eigenvalue weighted by molar-refractivity contribution is -0.138. The molecule has 1 aliphatic carbocycles. The average Bonchev–Trinajstić information content (AvgIpc) is 2.64. The lowest BCUT2D eigenvalue weighted by Gasteiger charge is -2.10. The predicted molar refractivity (Wildman–Crippen MR) is 47.8 cm³/mol. The van der Waals surface area contributed by atoms with Crippen LogP contribution in [0.4, 0.5) is 0 Å². The van der Waals surface area contributed by atoms with E-state index in [4.69, 9.17) is 9.94 Å². The van der Waals surface area contributed by atoms with Crippen LogP contribution in [0.15, 0.2) is 0 Å². The van der Waals surface area contributed by atoms with Gasteiger partial charge in [0.2, 0.25) is 5.91 Å². The molecule has 1 fully saturated rings. The Labute approximate surface area is 78.2 Å². The quantitative estimate of drug-likeness (QED) is 0.624. The minimum absolute atomic E-state index is 0.0524. The van der Waals surface area contributed by atoms with E-state index in [-0.39, 0.29) is 18.6 Å². The first kappa shape index (κ1) is 10.5. The van der Waals surface area contributed by atoms with Crippen molar-refractivity contribution in [2.75, 3.05) is 6.61 Å². The summed E-state index contributed by atoms with van der Waals surface area (Å²) in [5.41, 5.74) is 2.41. The van der Waals surface area contributed by atoms with E-state index in [2.05, 4.69) is 5.48 Å². The van der Waals surface area contributed by atoms with Crippen molar-refractivity contribution < 1.29 is 14.7 Å². The molecule has 0 aromatic rings. The highest BCUT2D eigenvalue weighted by molar-refractivity contribution is 5.74. The molecule has 0 aromatic heterocycles. The summed E-state index contributed by atoms with van der Waals surface area (Å²) < 4.78 is 0. The van der Waals surface area contributed by atoms with Crippen LogP contribution in [-0.2, 0) is 9.63 Å². The first-order valence-corrected chi connectivity index (χ1v) is 4.88. The summed E-state index contributed by atoms with van der Waals surface area (Å²) in [6.45, 7) is 0.0524. The van der Waals surface area contributed by atoms with Gasteiger partial charge in [-0.15, -0.1) is 0 Å². The lowest BCUT2D eigenvalue weighted by Crippen LogP contribution is -2.28. The van der Waals surface area contributed by atoms with Gasteiger partial charge in [-0.2, -0.15) is 0 Å². The fourth-order valence-electron chi connectivity index (χ4n) is 1.45. The molecule has 0 unspecified atom stereocenters. The normalized spacial score (nSPS) is 17.6. The summed E-state index contributed by atoms with van der Waals surface area (Å²) in [5, 5.41) is 8.47. The van der Waals surface area contributed by atoms with E-state index in [1.54, 1.807) is 0 Å². The van der Waals surface area contributed by atoms with Crippen molar-refractivity contribution in [2.45, 2.75) is 44.6 Å². The Morgan fingerprint density at radius 3 is 2.77 bits per heavy atom. The van der Waals surface area contributed by atoms with Crippen LogP contribution in [0.3, 0.4) is 0 Å². The van der Waals surface area contributed by atoms with E-state index in [1.165, 1.54) is 12.8 Å². The standard InChI is InChI=1S/C9H17NO3/c11-7-3-6-9(12)10-13-8-4-1-2-5-8/h8,11H,1-7H2,(H,10,12). The molecule has 0 radical (unpaired) electrons. The summed E-state index contributed by atoms with van der Waals surface area (Å²) >= 11 is 0. The number of amides is 1. The molecule has 0 aliphatic heterocycles. The van der Waals surface area contributed by atoms with Gasteiger partial charge in [0.05, 0.1) is 6.10 Å². The maximum Gasteiger partial charge on any atom is 0.243 e. The van der Waals surface area contributed by atoms with E-state index in [1.807, 2.05) is 0 Å². The van der Waals surface area contributed by atoms with Crippen LogP contribution in [0.1, 0.15) is 38.5 Å². The number of carbonyl (C=O) groups is 1. The fourth-order valence-corrected chi connectivity index (χ4v) is 1.45. The molecule has 76 valence electrons. The van der Waals surface area contributed by atoms with Crippen molar-refractivity contribution in [3.8, 4) is 0 Å². The summed E-state index contributed by atoms with van der Waals surface area (Å²) in [5.74, 6) is -0.138. The minimum atomic E-state index is -0.138. The van der Waals surface area contributed by atoms with Crippen LogP contribution in [0.5, 0.6) is 0 Å². The summed E-state index contributed by atoms with van der Waals surface area (Å²) in [6, 6.07) is 0. The van der Waals surface area contributed by atoms with Crippen molar-refractivity contribution in [2.24, 2.45) is 0 Å². The first-order valence-electron chi connectivity index (χ1n) is 4.88. The smallest absolute Gasteiger partial charge is 0.243 e. The second kappa shape index (κ2) is 5.94. The Morgan fingerprint density at radius 2 is 2.15 bits per heavy atom. The number of aliphatic hydroxyl groups is 1. The van der Waals surface area contributed by atoms with Crippen LogP contribution < -0.4 is 5.48 Å². The van der Waals surface area contributed by atoms with Crippen LogP contribution in [-0.4, -0.2) is 23.7 Å². The number of nitrogens with one attached hydrogen (secondary N) is 1. The van der Waals surface area contributed by atoms with Crippen molar-refractivity contribution in [3.05, 3.63) is 0 Å². The maximum absolute atomic E-state index is 11.0. The number of aliphatic hydroxyl groups excluding tert-OH is 1. The van der Waals surface area contributed by atoms with Crippen LogP contribution >= 0.6 is 0 Å². The highest BCUT2D eigenvalue weighted by Crippen LogP contribution is 2.19. The third-order valence-corrected chi connectivity index (χ3v) is 2.20. The summed E-state index contributed by atoms with van der Waals surface area (Å²) in [6.07, 6.45) is 5.51. The molecule has 0 aromatic carbocycles. The molecule has 1 aliphatic rings. The number of rotatable bonds is 5. The van der Waals surface area contributed by atoms with Gasteiger partial charge in [-0.05, 0) is 19.3 Å². The zero-order valence-corrected chi connectivity index (χ0v) is 7.79. The van der Waals surface area contributed by atoms with Gasteiger partial charge in [0.15, 0.2) is 0 Å². The van der Waals surface area contributed by atoms with E-state index < -0.39 is 0 Å². The largest absolute Gasteiger partial charge is 0.396 e. The topological polar surface area (TPSA) is 58.6 Å². The number of hydrogen-bond acceptors (Lipinski definition) is 3. The van der Waals surface area contributed by atoms with Crippen molar-refractivity contribution >= 4 is 5.91 Å². The predicted octanol–water partition coefficient (Wildman–Crippen LogP) is 0.749. The molecule has 0 saturated heterocycles. The second-order valence-electron chi connectivity index (χ2n) is 3.38. The molecule has 1 saturated carbocycles. The molecular weight excluding hydrogens is 170 g/mol. The fraction of sp³-hybridized carbons (Fsp3) is 0.889. The van der Waals surface area contributed by atoms with Crippen LogP contribution in [0.25, 0.3) is 0 Å². The lowest BCUT2D eigenvalue weighted by atomic mass is 10.3. The summed E-state index contributed by atoms with van der Waals surface area (Å²) in [7, 11) is 0. The summed E-state index contributed by atoms with van der Waals surface area (Å²) in [4.78, 5) is 16.2. The van der Waals surface area contributed by atoms with Gasteiger partial charge in [0.25, 0.3) is 0 Å². The van der Waals surface area contributed by atoms with Crippen molar-refractivity contribution in [1.82, 2.24) is 5.48 Å². The van der Waals surface area contributed by atoms with E-state index in [0.29, 0.717) is 12.8 Å². The van der Waals surface area contributed by atoms with E-state index >= 15 is 0 Å². The van der Waals surface area contributed by atoms with Crippen LogP contribution in [0, 0.1) is 0 Å². The van der Waals surface area contributed by atoms with Crippen LogP contribution in [0.2, 0.25) is 0 Å². The molecule has 0 atom stereocenters. The second-order valence-corrected chi connectivity index (χ2v) is 3.38. The third kappa shape index (κ3) is 4.24. The molecule has 0 spiro atoms. The molecule has 0 bridgehead atoms. The Kier molecular flexibility index (Phi) is 4.78. The number of hydroxylamine groups is 1. The van der Waals surface area contributed by atoms with Crippen molar-refractivity contribution in [3.63, 3.8) is 0 Å². The molecule has 1 rings (SSSR count). The third-order valence-electron chi connectivity index (χ3n) is 2.20. The Morgan fingerprint density at radius 1 is 1.46 bits per heavy atom. The number of carbonyl (C=O) groups excluding carboxylic acids is 1. The molecular formula is C9H17NO3. The van der Waals surface area contributed by atoms with Gasteiger partial charge in [-0.3, -0.25) is 9.63 Å². The molecule has 2 N–H and O–H groups in total. The van der Waals surface area contributed by atoms with E-state index in [0.717, 1.165) is 12.8 Å². The Bertz CT molecular complexity index is 155. The van der Waals surface area contributed by atoms with Gasteiger partial charge in [0, 0.05) is 13.0 Å².